The topological polar surface area (TPSA) is 96.9 Å². The van der Waals surface area contributed by atoms with E-state index in [-0.39, 0.29) is 18.1 Å². The van der Waals surface area contributed by atoms with Gasteiger partial charge in [-0.1, -0.05) is 36.4 Å². The molecule has 0 aromatic heterocycles. The van der Waals surface area contributed by atoms with E-state index in [1.54, 1.807) is 26.0 Å². The van der Waals surface area contributed by atoms with E-state index in [2.05, 4.69) is 10.6 Å². The van der Waals surface area contributed by atoms with Gasteiger partial charge in [-0.05, 0) is 37.1 Å². The summed E-state index contributed by atoms with van der Waals surface area (Å²) < 4.78 is 10.9. The maximum atomic E-state index is 12.8. The summed E-state index contributed by atoms with van der Waals surface area (Å²) in [6, 6.07) is 13.3. The summed E-state index contributed by atoms with van der Waals surface area (Å²) >= 11 is 0. The number of carbonyl (C=O) groups excluding carboxylic acids is 2. The van der Waals surface area contributed by atoms with Crippen molar-refractivity contribution in [1.82, 2.24) is 10.6 Å². The molecule has 1 heterocycles. The van der Waals surface area contributed by atoms with Crippen molar-refractivity contribution in [3.8, 4) is 11.5 Å². The SMILES string of the molecule is CCOc1cc(C2NC(=O)NC(C)=C2C(=O)OCCc2ccccc2)ccc1O. The lowest BCUT2D eigenvalue weighted by atomic mass is 9.95. The molecule has 0 bridgehead atoms. The first-order valence-electron chi connectivity index (χ1n) is 9.44. The summed E-state index contributed by atoms with van der Waals surface area (Å²) in [6.07, 6.45) is 0.594. The average molecular weight is 396 g/mol. The Morgan fingerprint density at radius 2 is 1.93 bits per heavy atom. The molecule has 1 unspecified atom stereocenters. The molecule has 29 heavy (non-hydrogen) atoms. The summed E-state index contributed by atoms with van der Waals surface area (Å²) in [5, 5.41) is 15.3. The molecule has 0 saturated carbocycles. The lowest BCUT2D eigenvalue weighted by molar-refractivity contribution is -0.139. The molecule has 3 N–H and O–H groups in total. The van der Waals surface area contributed by atoms with Crippen LogP contribution in [0.1, 0.15) is 31.0 Å². The number of phenolic OH excluding ortho intramolecular Hbond substituents is 1. The monoisotopic (exact) mass is 396 g/mol. The number of allylic oxidation sites excluding steroid dienone is 1. The molecule has 0 aliphatic carbocycles. The number of amides is 2. The lowest BCUT2D eigenvalue weighted by Gasteiger charge is -2.28. The van der Waals surface area contributed by atoms with E-state index in [1.165, 1.54) is 6.07 Å². The van der Waals surface area contributed by atoms with Crippen LogP contribution >= 0.6 is 0 Å². The predicted octanol–water partition coefficient (Wildman–Crippen LogP) is 3.20. The van der Waals surface area contributed by atoms with Gasteiger partial charge in [0.2, 0.25) is 0 Å². The highest BCUT2D eigenvalue weighted by atomic mass is 16.5. The minimum atomic E-state index is -0.715. The first kappa shape index (κ1) is 20.3. The number of benzene rings is 2. The second-order valence-corrected chi connectivity index (χ2v) is 6.60. The zero-order valence-electron chi connectivity index (χ0n) is 16.4. The third-order valence-electron chi connectivity index (χ3n) is 4.57. The van der Waals surface area contributed by atoms with Crippen LogP contribution in [-0.4, -0.2) is 30.3 Å². The molecule has 152 valence electrons. The number of nitrogens with one attached hydrogen (secondary N) is 2. The van der Waals surface area contributed by atoms with Gasteiger partial charge in [0.25, 0.3) is 0 Å². The van der Waals surface area contributed by atoms with Gasteiger partial charge < -0.3 is 25.2 Å². The first-order chi connectivity index (χ1) is 14.0. The van der Waals surface area contributed by atoms with E-state index in [9.17, 15) is 14.7 Å². The van der Waals surface area contributed by atoms with Crippen LogP contribution in [0, 0.1) is 0 Å². The zero-order valence-corrected chi connectivity index (χ0v) is 16.4. The van der Waals surface area contributed by atoms with E-state index in [4.69, 9.17) is 9.47 Å². The number of ether oxygens (including phenoxy) is 2. The third kappa shape index (κ3) is 4.87. The van der Waals surface area contributed by atoms with E-state index in [0.29, 0.717) is 29.9 Å². The fourth-order valence-electron chi connectivity index (χ4n) is 3.18. The fourth-order valence-corrected chi connectivity index (χ4v) is 3.18. The van der Waals surface area contributed by atoms with Crippen molar-refractivity contribution in [2.24, 2.45) is 0 Å². The van der Waals surface area contributed by atoms with Crippen LogP contribution in [0.3, 0.4) is 0 Å². The molecular weight excluding hydrogens is 372 g/mol. The van der Waals surface area contributed by atoms with E-state index in [0.717, 1.165) is 5.56 Å². The molecule has 0 fully saturated rings. The summed E-state index contributed by atoms with van der Waals surface area (Å²) in [4.78, 5) is 24.8. The highest BCUT2D eigenvalue weighted by Gasteiger charge is 2.32. The Morgan fingerprint density at radius 1 is 1.17 bits per heavy atom. The number of esters is 1. The molecule has 1 atom stereocenters. The maximum Gasteiger partial charge on any atom is 0.338 e. The van der Waals surface area contributed by atoms with Crippen LogP contribution in [0.25, 0.3) is 0 Å². The van der Waals surface area contributed by atoms with Gasteiger partial charge in [0, 0.05) is 12.1 Å². The van der Waals surface area contributed by atoms with Crippen molar-refractivity contribution in [1.29, 1.82) is 0 Å². The van der Waals surface area contributed by atoms with Crippen molar-refractivity contribution in [2.45, 2.75) is 26.3 Å². The molecule has 0 spiro atoms. The average Bonchev–Trinajstić information content (AvgIpc) is 2.70. The first-order valence-corrected chi connectivity index (χ1v) is 9.44. The second-order valence-electron chi connectivity index (χ2n) is 6.60. The Hall–Kier alpha value is -3.48. The Labute approximate surface area is 169 Å². The van der Waals surface area contributed by atoms with Crippen LogP contribution in [0.4, 0.5) is 4.79 Å². The summed E-state index contributed by atoms with van der Waals surface area (Å²) in [5.41, 5.74) is 2.41. The molecule has 1 aliphatic rings. The van der Waals surface area contributed by atoms with Crippen molar-refractivity contribution in [3.05, 3.63) is 70.9 Å². The standard InChI is InChI=1S/C22H24N2O5/c1-3-28-18-13-16(9-10-17(18)25)20-19(14(2)23-22(27)24-20)21(26)29-12-11-15-7-5-4-6-8-15/h4-10,13,20,25H,3,11-12H2,1-2H3,(H2,23,24,27). The van der Waals surface area contributed by atoms with Gasteiger partial charge in [-0.15, -0.1) is 0 Å². The number of hydrogen-bond acceptors (Lipinski definition) is 5. The minimum absolute atomic E-state index is 0.0106. The molecule has 0 saturated heterocycles. The van der Waals surface area contributed by atoms with Gasteiger partial charge in [-0.25, -0.2) is 9.59 Å². The van der Waals surface area contributed by atoms with Crippen LogP contribution in [-0.2, 0) is 16.0 Å². The van der Waals surface area contributed by atoms with Crippen LogP contribution in [0.15, 0.2) is 59.8 Å². The Kier molecular flexibility index (Phi) is 6.39. The number of urea groups is 1. The van der Waals surface area contributed by atoms with E-state index < -0.39 is 18.0 Å². The van der Waals surface area contributed by atoms with Crippen molar-refractivity contribution < 1.29 is 24.2 Å². The summed E-state index contributed by atoms with van der Waals surface area (Å²) in [7, 11) is 0. The zero-order chi connectivity index (χ0) is 20.8. The highest BCUT2D eigenvalue weighted by molar-refractivity contribution is 5.95. The number of phenols is 1. The second kappa shape index (κ2) is 9.14. The molecule has 2 aromatic rings. The van der Waals surface area contributed by atoms with E-state index in [1.807, 2.05) is 30.3 Å². The largest absolute Gasteiger partial charge is 0.504 e. The normalized spacial score (nSPS) is 16.1. The molecule has 7 nitrogen and oxygen atoms in total. The fraction of sp³-hybridized carbons (Fsp3) is 0.273. The quantitative estimate of drug-likeness (QED) is 0.625. The van der Waals surface area contributed by atoms with Crippen molar-refractivity contribution in [3.63, 3.8) is 0 Å². The van der Waals surface area contributed by atoms with Gasteiger partial charge in [0.05, 0.1) is 24.8 Å². The van der Waals surface area contributed by atoms with Gasteiger partial charge in [0.1, 0.15) is 0 Å². The van der Waals surface area contributed by atoms with Gasteiger partial charge in [-0.3, -0.25) is 0 Å². The maximum absolute atomic E-state index is 12.8. The molecule has 7 heteroatoms. The van der Waals surface area contributed by atoms with Crippen LogP contribution in [0.2, 0.25) is 0 Å². The number of hydrogen-bond donors (Lipinski definition) is 3. The smallest absolute Gasteiger partial charge is 0.338 e. The Morgan fingerprint density at radius 3 is 2.66 bits per heavy atom. The van der Waals surface area contributed by atoms with Gasteiger partial charge >= 0.3 is 12.0 Å². The molecular formula is C22H24N2O5. The summed E-state index contributed by atoms with van der Waals surface area (Å²) in [6.45, 7) is 4.06. The number of carbonyl (C=O) groups is 2. The molecule has 1 aliphatic heterocycles. The number of aromatic hydroxyl groups is 1. The van der Waals surface area contributed by atoms with Crippen LogP contribution < -0.4 is 15.4 Å². The van der Waals surface area contributed by atoms with Gasteiger partial charge in [-0.2, -0.15) is 0 Å². The number of rotatable bonds is 7. The minimum Gasteiger partial charge on any atom is -0.504 e. The van der Waals surface area contributed by atoms with E-state index >= 15 is 0 Å². The summed E-state index contributed by atoms with van der Waals surface area (Å²) in [5.74, 6) is -0.238. The Balaban J connectivity index is 1.80. The van der Waals surface area contributed by atoms with Crippen molar-refractivity contribution >= 4 is 12.0 Å². The van der Waals surface area contributed by atoms with Crippen molar-refractivity contribution in [2.75, 3.05) is 13.2 Å². The molecule has 2 aromatic carbocycles. The molecule has 0 radical (unpaired) electrons. The predicted molar refractivity (Wildman–Crippen MR) is 107 cm³/mol. The molecule has 3 rings (SSSR count). The lowest BCUT2D eigenvalue weighted by Crippen LogP contribution is -2.45. The molecule has 2 amide bonds. The Bertz CT molecular complexity index is 924. The third-order valence-corrected chi connectivity index (χ3v) is 4.57. The van der Waals surface area contributed by atoms with Gasteiger partial charge in [0.15, 0.2) is 11.5 Å². The van der Waals surface area contributed by atoms with Crippen LogP contribution in [0.5, 0.6) is 11.5 Å². The highest BCUT2D eigenvalue weighted by Crippen LogP contribution is 2.34.